The van der Waals surface area contributed by atoms with Crippen molar-refractivity contribution in [3.63, 3.8) is 0 Å². The Morgan fingerprint density at radius 2 is 1.73 bits per heavy atom. The Kier molecular flexibility index (Phi) is 9.70. The van der Waals surface area contributed by atoms with Crippen molar-refractivity contribution < 1.29 is 33.1 Å². The highest BCUT2D eigenvalue weighted by atomic mass is 35.5. The van der Waals surface area contributed by atoms with E-state index in [-0.39, 0.29) is 33.3 Å². The van der Waals surface area contributed by atoms with Crippen LogP contribution < -0.4 is 9.74 Å². The number of carbonyl (C=O) groups excluding carboxylic acids is 3. The van der Waals surface area contributed by atoms with E-state index in [1.165, 1.54) is 54.3 Å². The highest BCUT2D eigenvalue weighted by Gasteiger charge is 2.41. The normalized spacial score (nSPS) is 15.0. The number of fused-ring (bicyclic) bond motifs is 1. The number of hydrogen-bond donors (Lipinski definition) is 2. The molecule has 0 aromatic heterocycles. The maximum Gasteiger partial charge on any atom is 0.335 e. The van der Waals surface area contributed by atoms with Gasteiger partial charge in [0.05, 0.1) is 10.6 Å². The van der Waals surface area contributed by atoms with Crippen LogP contribution in [0.15, 0.2) is 60.7 Å². The number of Topliss-reactive ketones (excluding diaryl/α,β-unsaturated/α-hetero) is 1. The Bertz CT molecular complexity index is 1700. The van der Waals surface area contributed by atoms with Gasteiger partial charge in [-0.3, -0.25) is 14.4 Å². The first kappa shape index (κ1) is 33.6. The topological polar surface area (TPSA) is 113 Å². The summed E-state index contributed by atoms with van der Waals surface area (Å²) in [6.45, 7) is 12.1. The summed E-state index contributed by atoms with van der Waals surface area (Å²) < 4.78 is 21.6. The van der Waals surface area contributed by atoms with Crippen LogP contribution in [0.3, 0.4) is 0 Å². The van der Waals surface area contributed by atoms with Crippen molar-refractivity contribution in [2.75, 3.05) is 11.9 Å². The van der Waals surface area contributed by atoms with E-state index < -0.39 is 43.7 Å². The third-order valence-corrected chi connectivity index (χ3v) is 13.0. The van der Waals surface area contributed by atoms with Gasteiger partial charge in [0, 0.05) is 35.0 Å². The predicted octanol–water partition coefficient (Wildman–Crippen LogP) is 7.54. The molecule has 0 spiro atoms. The molecule has 4 rings (SSSR count). The molecular formula is C34H36ClFN2O6Si. The van der Waals surface area contributed by atoms with Crippen LogP contribution in [0.1, 0.15) is 71.1 Å². The van der Waals surface area contributed by atoms with E-state index in [0.29, 0.717) is 23.4 Å². The van der Waals surface area contributed by atoms with Gasteiger partial charge in [-0.2, -0.15) is 0 Å². The SMILES string of the molecule is CC(=O)c1ccc(Cl)c(F)c1/C=C/C(=O)N1CCc2c(O[Si](C)(C)C(C)(C)C)cccc2C1C(=O)Nc1ccc(C(=O)O)cc1. The molecular weight excluding hydrogens is 615 g/mol. The number of ketones is 1. The highest BCUT2D eigenvalue weighted by molar-refractivity contribution is 6.74. The second-order valence-corrected chi connectivity index (χ2v) is 17.6. The van der Waals surface area contributed by atoms with Crippen LogP contribution >= 0.6 is 11.6 Å². The van der Waals surface area contributed by atoms with Gasteiger partial charge >= 0.3 is 5.97 Å². The molecule has 8 nitrogen and oxygen atoms in total. The largest absolute Gasteiger partial charge is 0.543 e. The lowest BCUT2D eigenvalue weighted by molar-refractivity contribution is -0.135. The summed E-state index contributed by atoms with van der Waals surface area (Å²) in [5.41, 5.74) is 1.75. The maximum atomic E-state index is 14.9. The van der Waals surface area contributed by atoms with E-state index in [1.54, 1.807) is 12.1 Å². The van der Waals surface area contributed by atoms with Gasteiger partial charge in [0.1, 0.15) is 17.6 Å². The van der Waals surface area contributed by atoms with E-state index in [2.05, 4.69) is 39.2 Å². The van der Waals surface area contributed by atoms with Gasteiger partial charge in [-0.05, 0) is 85.6 Å². The standard InChI is InChI=1S/C34H36ClFN2O6Si/c1-20(39)23-14-16-27(35)30(36)25(23)15-17-29(40)38-19-18-24-26(8-7-9-28(24)44-45(5,6)34(2,3)4)31(38)32(41)37-22-12-10-21(11-13-22)33(42)43/h7-17,31H,18-19H2,1-6H3,(H,37,41)(H,42,43)/b17-15+. The van der Waals surface area contributed by atoms with Crippen LogP contribution in [0, 0.1) is 5.82 Å². The lowest BCUT2D eigenvalue weighted by atomic mass is 9.91. The first-order valence-electron chi connectivity index (χ1n) is 14.4. The quantitative estimate of drug-likeness (QED) is 0.148. The second-order valence-electron chi connectivity index (χ2n) is 12.5. The fourth-order valence-corrected chi connectivity index (χ4v) is 6.08. The first-order valence-corrected chi connectivity index (χ1v) is 17.7. The fraction of sp³-hybridized carbons (Fsp3) is 0.294. The molecule has 45 heavy (non-hydrogen) atoms. The smallest absolute Gasteiger partial charge is 0.335 e. The lowest BCUT2D eigenvalue weighted by Crippen LogP contribution is -2.46. The molecule has 0 aliphatic carbocycles. The Labute approximate surface area is 268 Å². The minimum atomic E-state index is -2.26. The minimum Gasteiger partial charge on any atom is -0.543 e. The zero-order valence-electron chi connectivity index (χ0n) is 26.0. The number of carbonyl (C=O) groups is 4. The second kappa shape index (κ2) is 13.0. The first-order chi connectivity index (χ1) is 21.0. The molecule has 0 saturated heterocycles. The Morgan fingerprint density at radius 1 is 1.07 bits per heavy atom. The number of nitrogens with zero attached hydrogens (tertiary/aromatic N) is 1. The number of rotatable bonds is 8. The third kappa shape index (κ3) is 7.18. The number of carboxylic acid groups (broad SMARTS) is 1. The zero-order chi connectivity index (χ0) is 33.3. The molecule has 1 aliphatic heterocycles. The van der Waals surface area contributed by atoms with Gasteiger partial charge in [-0.1, -0.05) is 44.5 Å². The van der Waals surface area contributed by atoms with Crippen molar-refractivity contribution in [1.82, 2.24) is 4.90 Å². The molecule has 1 aliphatic rings. The van der Waals surface area contributed by atoms with E-state index in [1.807, 2.05) is 6.07 Å². The van der Waals surface area contributed by atoms with Crippen LogP contribution in [0.25, 0.3) is 6.08 Å². The number of nitrogens with one attached hydrogen (secondary N) is 1. The van der Waals surface area contributed by atoms with E-state index in [0.717, 1.165) is 11.6 Å². The number of carboxylic acids is 1. The Hall–Kier alpha value is -4.28. The fourth-order valence-electron chi connectivity index (χ4n) is 4.87. The number of halogens is 2. The molecule has 11 heteroatoms. The predicted molar refractivity (Wildman–Crippen MR) is 175 cm³/mol. The van der Waals surface area contributed by atoms with Gasteiger partial charge in [0.25, 0.3) is 5.91 Å². The van der Waals surface area contributed by atoms with Gasteiger partial charge in [-0.15, -0.1) is 0 Å². The highest BCUT2D eigenvalue weighted by Crippen LogP contribution is 2.41. The van der Waals surface area contributed by atoms with E-state index >= 15 is 0 Å². The number of hydrogen-bond acceptors (Lipinski definition) is 5. The van der Waals surface area contributed by atoms with Crippen molar-refractivity contribution >= 4 is 55.2 Å². The molecule has 3 aromatic carbocycles. The number of amides is 2. The summed E-state index contributed by atoms with van der Waals surface area (Å²) in [7, 11) is -2.26. The molecule has 0 bridgehead atoms. The monoisotopic (exact) mass is 650 g/mol. The van der Waals surface area contributed by atoms with Gasteiger partial charge in [-0.25, -0.2) is 9.18 Å². The van der Waals surface area contributed by atoms with E-state index in [9.17, 15) is 28.7 Å². The van der Waals surface area contributed by atoms with E-state index in [4.69, 9.17) is 16.0 Å². The molecule has 3 aromatic rings. The molecule has 1 heterocycles. The molecule has 236 valence electrons. The summed E-state index contributed by atoms with van der Waals surface area (Å²) in [6, 6.07) is 12.7. The number of anilines is 1. The average molecular weight is 651 g/mol. The summed E-state index contributed by atoms with van der Waals surface area (Å²) in [5.74, 6) is -2.77. The van der Waals surface area contributed by atoms with Crippen molar-refractivity contribution in [3.05, 3.63) is 99.3 Å². The van der Waals surface area contributed by atoms with Crippen molar-refractivity contribution in [2.45, 2.75) is 58.3 Å². The Balaban J connectivity index is 1.75. The molecule has 0 saturated carbocycles. The van der Waals surface area contributed by atoms with Crippen LogP contribution in [-0.2, 0) is 16.0 Å². The molecule has 0 fully saturated rings. The number of aromatic carboxylic acids is 1. The van der Waals surface area contributed by atoms with Gasteiger partial charge in [0.2, 0.25) is 14.2 Å². The maximum absolute atomic E-state index is 14.9. The molecule has 2 amide bonds. The van der Waals surface area contributed by atoms with Gasteiger partial charge in [0.15, 0.2) is 5.78 Å². The summed E-state index contributed by atoms with van der Waals surface area (Å²) >= 11 is 5.96. The van der Waals surface area contributed by atoms with Crippen molar-refractivity contribution in [2.24, 2.45) is 0 Å². The van der Waals surface area contributed by atoms with Crippen molar-refractivity contribution in [3.8, 4) is 5.75 Å². The van der Waals surface area contributed by atoms with Crippen LogP contribution in [0.4, 0.5) is 10.1 Å². The zero-order valence-corrected chi connectivity index (χ0v) is 27.8. The molecule has 2 N–H and O–H groups in total. The number of benzene rings is 3. The van der Waals surface area contributed by atoms with Crippen molar-refractivity contribution in [1.29, 1.82) is 0 Å². The summed E-state index contributed by atoms with van der Waals surface area (Å²) in [6.07, 6.45) is 2.73. The molecule has 1 atom stereocenters. The lowest BCUT2D eigenvalue weighted by Gasteiger charge is -2.40. The van der Waals surface area contributed by atoms with Gasteiger partial charge < -0.3 is 19.7 Å². The molecule has 1 unspecified atom stereocenters. The minimum absolute atomic E-state index is 0.0588. The third-order valence-electron chi connectivity index (χ3n) is 8.38. The average Bonchev–Trinajstić information content (AvgIpc) is 2.96. The summed E-state index contributed by atoms with van der Waals surface area (Å²) in [5, 5.41) is 11.8. The van der Waals surface area contributed by atoms with Crippen LogP contribution in [-0.4, -0.2) is 48.4 Å². The van der Waals surface area contributed by atoms with Crippen LogP contribution in [0.5, 0.6) is 5.75 Å². The van der Waals surface area contributed by atoms with Crippen LogP contribution in [0.2, 0.25) is 23.2 Å². The molecule has 0 radical (unpaired) electrons. The summed E-state index contributed by atoms with van der Waals surface area (Å²) in [4.78, 5) is 52.5. The Morgan fingerprint density at radius 3 is 2.33 bits per heavy atom.